The van der Waals surface area contributed by atoms with Crippen LogP contribution in [0.1, 0.15) is 15.9 Å². The van der Waals surface area contributed by atoms with Crippen molar-refractivity contribution in [2.45, 2.75) is 6.18 Å². The van der Waals surface area contributed by atoms with Crippen LogP contribution in [0, 0.1) is 5.82 Å². The van der Waals surface area contributed by atoms with Crippen molar-refractivity contribution in [1.29, 1.82) is 0 Å². The molecule has 0 fully saturated rings. The summed E-state index contributed by atoms with van der Waals surface area (Å²) in [4.78, 5) is 34.9. The normalized spacial score (nSPS) is 10.8. The van der Waals surface area contributed by atoms with Crippen molar-refractivity contribution in [2.75, 3.05) is 11.9 Å². The molecular weight excluding hydrogens is 372 g/mol. The molecule has 6 nitrogen and oxygen atoms in total. The Morgan fingerprint density at radius 3 is 2.26 bits per heavy atom. The zero-order valence-electron chi connectivity index (χ0n) is 13.5. The van der Waals surface area contributed by atoms with Gasteiger partial charge in [0.25, 0.3) is 5.91 Å². The lowest BCUT2D eigenvalue weighted by Gasteiger charge is -2.12. The molecule has 0 aromatic heterocycles. The summed E-state index contributed by atoms with van der Waals surface area (Å²) in [5.41, 5.74) is -2.18. The molecule has 2 rings (SSSR count). The lowest BCUT2D eigenvalue weighted by atomic mass is 10.1. The van der Waals surface area contributed by atoms with Crippen LogP contribution in [0.3, 0.4) is 0 Å². The third-order valence-electron chi connectivity index (χ3n) is 3.16. The predicted molar refractivity (Wildman–Crippen MR) is 85.3 cm³/mol. The number of hydrogen-bond donors (Lipinski definition) is 2. The summed E-state index contributed by atoms with van der Waals surface area (Å²) in [6.45, 7) is -1.00. The number of benzene rings is 2. The summed E-state index contributed by atoms with van der Waals surface area (Å²) in [6.07, 6.45) is -4.78. The van der Waals surface area contributed by atoms with Crippen LogP contribution in [0.15, 0.2) is 48.5 Å². The van der Waals surface area contributed by atoms with E-state index in [4.69, 9.17) is 0 Å². The van der Waals surface area contributed by atoms with Gasteiger partial charge in [-0.25, -0.2) is 14.0 Å². The fraction of sp³-hybridized carbons (Fsp3) is 0.118. The Labute approximate surface area is 150 Å². The van der Waals surface area contributed by atoms with Gasteiger partial charge in [-0.15, -0.1) is 0 Å². The molecule has 3 amide bonds. The van der Waals surface area contributed by atoms with E-state index in [-0.39, 0.29) is 5.69 Å². The average molecular weight is 384 g/mol. The van der Waals surface area contributed by atoms with E-state index >= 15 is 0 Å². The van der Waals surface area contributed by atoms with Crippen molar-refractivity contribution in [1.82, 2.24) is 5.32 Å². The molecule has 10 heteroatoms. The highest BCUT2D eigenvalue weighted by atomic mass is 19.4. The Bertz CT molecular complexity index is 868. The van der Waals surface area contributed by atoms with Gasteiger partial charge in [0.1, 0.15) is 5.82 Å². The molecule has 142 valence electrons. The van der Waals surface area contributed by atoms with Gasteiger partial charge in [0.15, 0.2) is 6.61 Å². The maximum absolute atomic E-state index is 13.4. The highest BCUT2D eigenvalue weighted by molar-refractivity contribution is 6.02. The highest BCUT2D eigenvalue weighted by Crippen LogP contribution is 2.32. The number of esters is 1. The van der Waals surface area contributed by atoms with Gasteiger partial charge in [-0.1, -0.05) is 24.3 Å². The van der Waals surface area contributed by atoms with Crippen LogP contribution in [0.4, 0.5) is 28.0 Å². The second kappa shape index (κ2) is 8.30. The molecular formula is C17H12F4N2O4. The topological polar surface area (TPSA) is 84.5 Å². The minimum Gasteiger partial charge on any atom is -0.452 e. The molecule has 0 saturated carbocycles. The van der Waals surface area contributed by atoms with E-state index in [1.165, 1.54) is 24.3 Å². The standard InChI is InChI=1S/C17H12F4N2O4/c18-12-7-3-4-8-13(12)22-16(26)23-14(24)9-27-15(25)10-5-1-2-6-11(10)17(19,20)21/h1-8H,9H2,(H2,22,23,24,26). The van der Waals surface area contributed by atoms with Gasteiger partial charge in [-0.05, 0) is 24.3 Å². The molecule has 2 aromatic rings. The number of imide groups is 1. The van der Waals surface area contributed by atoms with E-state index in [2.05, 4.69) is 10.1 Å². The first-order valence-corrected chi connectivity index (χ1v) is 7.37. The van der Waals surface area contributed by atoms with Crippen molar-refractivity contribution in [3.05, 3.63) is 65.5 Å². The van der Waals surface area contributed by atoms with Crippen molar-refractivity contribution < 1.29 is 36.7 Å². The van der Waals surface area contributed by atoms with E-state index in [0.717, 1.165) is 18.2 Å². The summed E-state index contributed by atoms with van der Waals surface area (Å²) >= 11 is 0. The molecule has 0 spiro atoms. The molecule has 0 saturated heterocycles. The Morgan fingerprint density at radius 1 is 0.963 bits per heavy atom. The van der Waals surface area contributed by atoms with Gasteiger partial charge < -0.3 is 10.1 Å². The Morgan fingerprint density at radius 2 is 1.59 bits per heavy atom. The van der Waals surface area contributed by atoms with Gasteiger partial charge >= 0.3 is 18.2 Å². The number of ether oxygens (including phenoxy) is 1. The predicted octanol–water partition coefficient (Wildman–Crippen LogP) is 3.35. The number of halogens is 4. The monoisotopic (exact) mass is 384 g/mol. The summed E-state index contributed by atoms with van der Waals surface area (Å²) in [7, 11) is 0. The fourth-order valence-corrected chi connectivity index (χ4v) is 2.00. The van der Waals surface area contributed by atoms with E-state index < -0.39 is 47.6 Å². The van der Waals surface area contributed by atoms with Crippen LogP contribution in [-0.4, -0.2) is 24.5 Å². The van der Waals surface area contributed by atoms with Crippen molar-refractivity contribution in [3.8, 4) is 0 Å². The third kappa shape index (κ3) is 5.53. The quantitative estimate of drug-likeness (QED) is 0.626. The van der Waals surface area contributed by atoms with Crippen molar-refractivity contribution in [3.63, 3.8) is 0 Å². The lowest BCUT2D eigenvalue weighted by Crippen LogP contribution is -2.37. The third-order valence-corrected chi connectivity index (χ3v) is 3.16. The number of nitrogens with one attached hydrogen (secondary N) is 2. The summed E-state index contributed by atoms with van der Waals surface area (Å²) in [6, 6.07) is 7.95. The molecule has 27 heavy (non-hydrogen) atoms. The number of carbonyl (C=O) groups is 3. The molecule has 0 unspecified atom stereocenters. The van der Waals surface area contributed by atoms with Gasteiger partial charge in [0, 0.05) is 0 Å². The number of hydrogen-bond acceptors (Lipinski definition) is 4. The van der Waals surface area contributed by atoms with Gasteiger partial charge in [-0.3, -0.25) is 10.1 Å². The maximum atomic E-state index is 13.4. The molecule has 2 N–H and O–H groups in total. The zero-order valence-corrected chi connectivity index (χ0v) is 13.5. The number of amides is 3. The second-order valence-corrected chi connectivity index (χ2v) is 5.10. The first-order chi connectivity index (χ1) is 12.7. The smallest absolute Gasteiger partial charge is 0.417 e. The average Bonchev–Trinajstić information content (AvgIpc) is 2.61. The minimum atomic E-state index is -4.78. The van der Waals surface area contributed by atoms with Crippen LogP contribution in [0.5, 0.6) is 0 Å². The SMILES string of the molecule is O=C(COC(=O)c1ccccc1C(F)(F)F)NC(=O)Nc1ccccc1F. The van der Waals surface area contributed by atoms with Crippen LogP contribution >= 0.6 is 0 Å². The first kappa shape index (κ1) is 19.9. The van der Waals surface area contributed by atoms with E-state index in [1.807, 2.05) is 0 Å². The largest absolute Gasteiger partial charge is 0.452 e. The zero-order chi connectivity index (χ0) is 20.0. The van der Waals surface area contributed by atoms with Crippen molar-refractivity contribution >= 4 is 23.6 Å². The Hall–Kier alpha value is -3.43. The Balaban J connectivity index is 1.91. The second-order valence-electron chi connectivity index (χ2n) is 5.10. The number of anilines is 1. The molecule has 0 aliphatic heterocycles. The molecule has 2 aromatic carbocycles. The molecule has 0 atom stereocenters. The highest BCUT2D eigenvalue weighted by Gasteiger charge is 2.35. The number of urea groups is 1. The van der Waals surface area contributed by atoms with E-state index in [0.29, 0.717) is 6.07 Å². The molecule has 0 radical (unpaired) electrons. The summed E-state index contributed by atoms with van der Waals surface area (Å²) < 4.78 is 56.4. The molecule has 0 aliphatic carbocycles. The van der Waals surface area contributed by atoms with Crippen LogP contribution in [0.2, 0.25) is 0 Å². The van der Waals surface area contributed by atoms with Crippen molar-refractivity contribution in [2.24, 2.45) is 0 Å². The van der Waals surface area contributed by atoms with Gasteiger partial charge in [-0.2, -0.15) is 13.2 Å². The van der Waals surface area contributed by atoms with Crippen LogP contribution in [0.25, 0.3) is 0 Å². The lowest BCUT2D eigenvalue weighted by molar-refractivity contribution is -0.138. The maximum Gasteiger partial charge on any atom is 0.417 e. The molecule has 0 aliphatic rings. The summed E-state index contributed by atoms with van der Waals surface area (Å²) in [5.74, 6) is -3.23. The number of carbonyl (C=O) groups excluding carboxylic acids is 3. The Kier molecular flexibility index (Phi) is 6.11. The number of alkyl halides is 3. The minimum absolute atomic E-state index is 0.195. The van der Waals surface area contributed by atoms with Gasteiger partial charge in [0.2, 0.25) is 0 Å². The van der Waals surface area contributed by atoms with Crippen LogP contribution < -0.4 is 10.6 Å². The summed E-state index contributed by atoms with van der Waals surface area (Å²) in [5, 5.41) is 3.81. The van der Waals surface area contributed by atoms with Crippen LogP contribution in [-0.2, 0) is 15.7 Å². The molecule has 0 bridgehead atoms. The van der Waals surface area contributed by atoms with E-state index in [1.54, 1.807) is 5.32 Å². The fourth-order valence-electron chi connectivity index (χ4n) is 2.00. The van der Waals surface area contributed by atoms with E-state index in [9.17, 15) is 31.9 Å². The number of para-hydroxylation sites is 1. The van der Waals surface area contributed by atoms with Gasteiger partial charge in [0.05, 0.1) is 16.8 Å². The number of rotatable bonds is 4. The molecule has 0 heterocycles. The first-order valence-electron chi connectivity index (χ1n) is 7.37.